The summed E-state index contributed by atoms with van der Waals surface area (Å²) in [7, 11) is 1.91. The first-order valence-corrected chi connectivity index (χ1v) is 5.93. The number of nitrogen functional groups attached to an aromatic ring is 1. The fourth-order valence-corrected chi connectivity index (χ4v) is 1.97. The van der Waals surface area contributed by atoms with Gasteiger partial charge in [0.2, 0.25) is 0 Å². The molecule has 0 atom stereocenters. The van der Waals surface area contributed by atoms with Crippen molar-refractivity contribution in [1.82, 2.24) is 0 Å². The Morgan fingerprint density at radius 3 is 2.21 bits per heavy atom. The maximum Gasteiger partial charge on any atom is 0.123 e. The van der Waals surface area contributed by atoms with Crippen LogP contribution in [0, 0.1) is 18.2 Å². The Morgan fingerprint density at radius 1 is 1.11 bits per heavy atom. The van der Waals surface area contributed by atoms with Crippen LogP contribution in [-0.4, -0.2) is 12.9 Å². The molecule has 98 valence electrons. The van der Waals surface area contributed by atoms with Gasteiger partial charge in [0.25, 0.3) is 0 Å². The number of nitrogens with zero attached hydrogens (tertiary/aromatic N) is 1. The predicted molar refractivity (Wildman–Crippen MR) is 76.7 cm³/mol. The third-order valence-electron chi connectivity index (χ3n) is 3.10. The quantitative estimate of drug-likeness (QED) is 0.655. The van der Waals surface area contributed by atoms with Gasteiger partial charge in [-0.25, -0.2) is 4.39 Å². The van der Waals surface area contributed by atoms with Crippen molar-refractivity contribution in [3.8, 4) is 0 Å². The van der Waals surface area contributed by atoms with Gasteiger partial charge < -0.3 is 10.6 Å². The number of anilines is 2. The Labute approximate surface area is 112 Å². The average Bonchev–Trinajstić information content (AvgIpc) is 2.38. The van der Waals surface area contributed by atoms with Crippen molar-refractivity contribution in [2.75, 3.05) is 11.9 Å². The molecule has 2 rings (SSSR count). The fourth-order valence-electron chi connectivity index (χ4n) is 1.97. The molecule has 2 aromatic rings. The normalized spacial score (nSPS) is 10.3. The van der Waals surface area contributed by atoms with E-state index in [2.05, 4.69) is 0 Å². The Bertz CT molecular complexity index is 605. The summed E-state index contributed by atoms with van der Waals surface area (Å²) in [5, 5.41) is 7.46. The van der Waals surface area contributed by atoms with Gasteiger partial charge in [-0.05, 0) is 55.0 Å². The van der Waals surface area contributed by atoms with E-state index in [4.69, 9.17) is 11.1 Å². The van der Waals surface area contributed by atoms with Crippen molar-refractivity contribution in [2.24, 2.45) is 5.73 Å². The van der Waals surface area contributed by atoms with Crippen LogP contribution in [-0.2, 0) is 0 Å². The smallest absolute Gasteiger partial charge is 0.123 e. The lowest BCUT2D eigenvalue weighted by atomic mass is 10.1. The molecule has 4 heteroatoms. The highest BCUT2D eigenvalue weighted by Gasteiger charge is 2.07. The van der Waals surface area contributed by atoms with Gasteiger partial charge >= 0.3 is 0 Å². The molecule has 0 bridgehead atoms. The van der Waals surface area contributed by atoms with Crippen LogP contribution in [0.5, 0.6) is 0 Å². The second-order valence-electron chi connectivity index (χ2n) is 4.45. The number of benzene rings is 2. The van der Waals surface area contributed by atoms with Gasteiger partial charge in [0.15, 0.2) is 0 Å². The Balaban J connectivity index is 2.34. The lowest BCUT2D eigenvalue weighted by Crippen LogP contribution is -2.14. The van der Waals surface area contributed by atoms with Gasteiger partial charge in [0.1, 0.15) is 11.7 Å². The number of rotatable bonds is 3. The highest BCUT2D eigenvalue weighted by Crippen LogP contribution is 2.25. The van der Waals surface area contributed by atoms with E-state index in [-0.39, 0.29) is 11.7 Å². The molecule has 0 saturated heterocycles. The second kappa shape index (κ2) is 5.10. The molecule has 0 radical (unpaired) electrons. The number of amidine groups is 1. The zero-order valence-electron chi connectivity index (χ0n) is 10.9. The zero-order valence-corrected chi connectivity index (χ0v) is 10.9. The summed E-state index contributed by atoms with van der Waals surface area (Å²) in [4.78, 5) is 1.95. The van der Waals surface area contributed by atoms with Crippen LogP contribution in [0.2, 0.25) is 0 Å². The molecule has 0 amide bonds. The van der Waals surface area contributed by atoms with Crippen LogP contribution < -0.4 is 10.6 Å². The molecular formula is C15H16FN3. The summed E-state index contributed by atoms with van der Waals surface area (Å²) in [6.07, 6.45) is 0. The maximum absolute atomic E-state index is 12.9. The topological polar surface area (TPSA) is 53.1 Å². The van der Waals surface area contributed by atoms with Crippen LogP contribution in [0.1, 0.15) is 11.1 Å². The number of nitrogens with two attached hydrogens (primary N) is 1. The van der Waals surface area contributed by atoms with Crippen molar-refractivity contribution < 1.29 is 4.39 Å². The van der Waals surface area contributed by atoms with Gasteiger partial charge in [-0.2, -0.15) is 0 Å². The molecule has 3 N–H and O–H groups in total. The van der Waals surface area contributed by atoms with Gasteiger partial charge in [-0.1, -0.05) is 0 Å². The summed E-state index contributed by atoms with van der Waals surface area (Å²) in [6.45, 7) is 1.92. The van der Waals surface area contributed by atoms with E-state index in [1.165, 1.54) is 12.1 Å². The van der Waals surface area contributed by atoms with Crippen molar-refractivity contribution in [1.29, 1.82) is 5.41 Å². The van der Waals surface area contributed by atoms with Crippen LogP contribution in [0.3, 0.4) is 0 Å². The van der Waals surface area contributed by atoms with Crippen LogP contribution >= 0.6 is 0 Å². The van der Waals surface area contributed by atoms with Crippen LogP contribution in [0.15, 0.2) is 42.5 Å². The van der Waals surface area contributed by atoms with Crippen molar-refractivity contribution in [3.05, 3.63) is 59.4 Å². The summed E-state index contributed by atoms with van der Waals surface area (Å²) >= 11 is 0. The Kier molecular flexibility index (Phi) is 3.51. The number of nitrogens with one attached hydrogen (secondary N) is 1. The van der Waals surface area contributed by atoms with E-state index in [9.17, 15) is 4.39 Å². The Hall–Kier alpha value is -2.36. The van der Waals surface area contributed by atoms with E-state index in [0.29, 0.717) is 0 Å². The van der Waals surface area contributed by atoms with E-state index in [0.717, 1.165) is 22.5 Å². The van der Waals surface area contributed by atoms with Gasteiger partial charge in [-0.3, -0.25) is 5.41 Å². The summed E-state index contributed by atoms with van der Waals surface area (Å²) in [5.41, 5.74) is 9.04. The molecular weight excluding hydrogens is 241 g/mol. The van der Waals surface area contributed by atoms with Gasteiger partial charge in [0.05, 0.1) is 0 Å². The van der Waals surface area contributed by atoms with Crippen molar-refractivity contribution in [3.63, 3.8) is 0 Å². The minimum Gasteiger partial charge on any atom is -0.384 e. The molecule has 0 unspecified atom stereocenters. The standard InChI is InChI=1S/C15H16FN3/c1-10-9-13(7-8-14(10)15(17)18)19(2)12-5-3-11(16)4-6-12/h3-9H,1-2H3,(H3,17,18). The summed E-state index contributed by atoms with van der Waals surface area (Å²) in [5.74, 6) is -0.186. The predicted octanol–water partition coefficient (Wildman–Crippen LogP) is 3.19. The maximum atomic E-state index is 12.9. The molecule has 0 aromatic heterocycles. The molecule has 3 nitrogen and oxygen atoms in total. The molecule has 0 heterocycles. The van der Waals surface area contributed by atoms with Crippen LogP contribution in [0.25, 0.3) is 0 Å². The van der Waals surface area contributed by atoms with E-state index < -0.39 is 0 Å². The number of hydrogen-bond donors (Lipinski definition) is 2. The first-order chi connectivity index (χ1) is 8.99. The first-order valence-electron chi connectivity index (χ1n) is 5.93. The SMILES string of the molecule is Cc1cc(N(C)c2ccc(F)cc2)ccc1C(=N)N. The van der Waals surface area contributed by atoms with Crippen molar-refractivity contribution in [2.45, 2.75) is 6.92 Å². The molecule has 19 heavy (non-hydrogen) atoms. The van der Waals surface area contributed by atoms with E-state index in [1.807, 2.05) is 37.1 Å². The highest BCUT2D eigenvalue weighted by molar-refractivity contribution is 5.96. The molecule has 0 fully saturated rings. The third kappa shape index (κ3) is 2.73. The van der Waals surface area contributed by atoms with Gasteiger partial charge in [-0.15, -0.1) is 0 Å². The zero-order chi connectivity index (χ0) is 14.0. The van der Waals surface area contributed by atoms with Gasteiger partial charge in [0, 0.05) is 24.0 Å². The molecule has 0 saturated carbocycles. The largest absolute Gasteiger partial charge is 0.384 e. The molecule has 2 aromatic carbocycles. The summed E-state index contributed by atoms with van der Waals surface area (Å²) in [6, 6.07) is 12.0. The molecule has 0 aliphatic rings. The minimum absolute atomic E-state index is 0.0634. The van der Waals surface area contributed by atoms with Crippen LogP contribution in [0.4, 0.5) is 15.8 Å². The number of aryl methyl sites for hydroxylation is 1. The average molecular weight is 257 g/mol. The van der Waals surface area contributed by atoms with E-state index in [1.54, 1.807) is 12.1 Å². The highest BCUT2D eigenvalue weighted by atomic mass is 19.1. The molecule has 0 aliphatic carbocycles. The van der Waals surface area contributed by atoms with Crippen molar-refractivity contribution >= 4 is 17.2 Å². The molecule has 0 aliphatic heterocycles. The summed E-state index contributed by atoms with van der Waals surface area (Å²) < 4.78 is 12.9. The third-order valence-corrected chi connectivity index (χ3v) is 3.10. The minimum atomic E-state index is -0.250. The number of halogens is 1. The van der Waals surface area contributed by atoms with E-state index >= 15 is 0 Å². The monoisotopic (exact) mass is 257 g/mol. The second-order valence-corrected chi connectivity index (χ2v) is 4.45. The lowest BCUT2D eigenvalue weighted by molar-refractivity contribution is 0.628. The fraction of sp³-hybridized carbons (Fsp3) is 0.133. The number of hydrogen-bond acceptors (Lipinski definition) is 2. The Morgan fingerprint density at radius 2 is 1.68 bits per heavy atom. The lowest BCUT2D eigenvalue weighted by Gasteiger charge is -2.20. The first kappa shape index (κ1) is 13.1. The molecule has 0 spiro atoms.